The van der Waals surface area contributed by atoms with Gasteiger partial charge in [0.15, 0.2) is 9.04 Å². The molecule has 2 unspecified atom stereocenters. The molecule has 0 aliphatic rings. The molecule has 0 fully saturated rings. The molecule has 0 aromatic rings. The summed E-state index contributed by atoms with van der Waals surface area (Å²) in [5.74, 6) is 0. The summed E-state index contributed by atoms with van der Waals surface area (Å²) in [4.78, 5) is 9.99. The highest BCUT2D eigenvalue weighted by Crippen LogP contribution is 2.37. The van der Waals surface area contributed by atoms with Crippen molar-refractivity contribution in [3.05, 3.63) is 0 Å². The summed E-state index contributed by atoms with van der Waals surface area (Å²) in [6.45, 7) is 19.5. The first-order valence-corrected chi connectivity index (χ1v) is 40.8. The first kappa shape index (κ1) is 40.8. The lowest BCUT2D eigenvalue weighted by Gasteiger charge is -2.52. The molecule has 17 heteroatoms. The van der Waals surface area contributed by atoms with Gasteiger partial charge in [-0.2, -0.15) is 0 Å². The van der Waals surface area contributed by atoms with Crippen LogP contribution < -0.4 is 0 Å². The molecule has 32 heavy (non-hydrogen) atoms. The van der Waals surface area contributed by atoms with Gasteiger partial charge < -0.3 is 19.8 Å². The minimum atomic E-state index is -2.85. The third-order valence-electron chi connectivity index (χ3n) is 6.90. The normalized spacial score (nSPS) is 16.7. The molecule has 8 nitrogen and oxygen atoms in total. The average molecular weight is 618 g/mol. The molecule has 2 atom stereocenters. The second-order valence-corrected chi connectivity index (χ2v) is 90.3. The van der Waals surface area contributed by atoms with Gasteiger partial charge in [-0.1, -0.05) is 65.8 Å². The van der Waals surface area contributed by atoms with Crippen molar-refractivity contribution in [2.24, 2.45) is 0 Å². The van der Waals surface area contributed by atoms with Crippen molar-refractivity contribution in [3.63, 3.8) is 0 Å². The van der Waals surface area contributed by atoms with Crippen LogP contribution in [0.4, 0.5) is 0 Å². The van der Waals surface area contributed by atoms with Crippen molar-refractivity contribution in [1.82, 2.24) is 0 Å². The maximum Gasteiger partial charge on any atom is 1.00 e. The third-order valence-corrected chi connectivity index (χ3v) is 105. The van der Waals surface area contributed by atoms with Gasteiger partial charge in [0.25, 0.3) is 0 Å². The molecule has 0 aromatic carbocycles. The average Bonchev–Trinajstić information content (AvgIpc) is 2.61. The van der Waals surface area contributed by atoms with Gasteiger partial charge in [0.2, 0.25) is 0 Å². The van der Waals surface area contributed by atoms with Crippen molar-refractivity contribution in [2.45, 2.75) is 85.4 Å². The molecule has 0 aliphatic carbocycles. The second kappa shape index (κ2) is 16.4. The fourth-order valence-electron chi connectivity index (χ4n) is 3.77. The highest BCUT2D eigenvalue weighted by atomic mass is 29.9. The van der Waals surface area contributed by atoms with E-state index in [1.807, 2.05) is 6.55 Å². The molecule has 0 rings (SSSR count). The van der Waals surface area contributed by atoms with E-state index < -0.39 is 54.1 Å². The lowest BCUT2D eigenvalue weighted by Crippen LogP contribution is -2.84. The Hall–Kier alpha value is 1.63. The SMILES string of the molecule is C.C[SiH](CO)OCCC[SiH](C)[Si](O)([SiH3])[SiH3].C[Si](C)(C)[Si](C)([Si](C)(C)C)[Si](C)(OO)OO.O.[H+]. The van der Waals surface area contributed by atoms with E-state index in [1.54, 1.807) is 6.55 Å². The quantitative estimate of drug-likeness (QED) is 0.103. The van der Waals surface area contributed by atoms with Crippen LogP contribution in [0.5, 0.6) is 0 Å². The van der Waals surface area contributed by atoms with Crippen molar-refractivity contribution >= 4 is 73.6 Å². The standard InChI is InChI=1S/C8H26O4Si4.C6H24O3Si5.CH4.H2O/c1-13(2,3)16(8,14(4,5)6)15(7,11-9)12-10;1-12(6-7)9-4-3-5-13(2)14(8,10)11;;/h9-10H,1-8H3;7-8,12-13H,3-6H2,1-2,10-11H3;1H4;1H2/p+1. The van der Waals surface area contributed by atoms with Gasteiger partial charge in [-0.25, -0.2) is 0 Å². The number of hydrogen-bond donors (Lipinski definition) is 4. The van der Waals surface area contributed by atoms with Crippen LogP contribution in [0.3, 0.4) is 0 Å². The lowest BCUT2D eigenvalue weighted by molar-refractivity contribution is -0.230. The minimum Gasteiger partial charge on any atom is -0.442 e. The van der Waals surface area contributed by atoms with E-state index >= 15 is 0 Å². The first-order chi connectivity index (χ1) is 13.2. The van der Waals surface area contributed by atoms with E-state index in [0.29, 0.717) is 0 Å². The van der Waals surface area contributed by atoms with Crippen molar-refractivity contribution in [1.29, 1.82) is 0 Å². The topological polar surface area (TPSA) is 140 Å². The predicted octanol–water partition coefficient (Wildman–Crippen LogP) is -0.173. The minimum absolute atomic E-state index is 0. The largest absolute Gasteiger partial charge is 1.00 e. The molecule has 0 amide bonds. The zero-order chi connectivity index (χ0) is 24.6. The molecule has 0 spiro atoms. The molecule has 0 bridgehead atoms. The van der Waals surface area contributed by atoms with E-state index in [-0.39, 0.29) is 20.6 Å². The Labute approximate surface area is 212 Å². The van der Waals surface area contributed by atoms with Gasteiger partial charge in [-0.05, 0) is 19.5 Å². The summed E-state index contributed by atoms with van der Waals surface area (Å²) in [6.07, 6.45) is 1.34. The van der Waals surface area contributed by atoms with Crippen molar-refractivity contribution in [3.8, 4) is 0 Å². The van der Waals surface area contributed by atoms with Crippen LogP contribution in [0.15, 0.2) is 0 Å². The first-order valence-electron chi connectivity index (χ1n) is 10.8. The van der Waals surface area contributed by atoms with Gasteiger partial charge in [0.05, 0.1) is 14.5 Å². The molecule has 0 radical (unpaired) electrons. The zero-order valence-electron chi connectivity index (χ0n) is 23.0. The van der Waals surface area contributed by atoms with Gasteiger partial charge in [-0.15, -0.1) is 0 Å². The Morgan fingerprint density at radius 3 is 1.47 bits per heavy atom. The molecule has 200 valence electrons. The van der Waals surface area contributed by atoms with E-state index in [1.165, 1.54) is 6.04 Å². The Morgan fingerprint density at radius 2 is 1.25 bits per heavy atom. The maximum atomic E-state index is 9.99. The third kappa shape index (κ3) is 12.0. The smallest absolute Gasteiger partial charge is 0.442 e. The van der Waals surface area contributed by atoms with Crippen LogP contribution in [0.25, 0.3) is 0 Å². The molecule has 0 saturated carbocycles. The Kier molecular flexibility index (Phi) is 20.9. The highest BCUT2D eigenvalue weighted by Gasteiger charge is 2.67. The van der Waals surface area contributed by atoms with Gasteiger partial charge in [0.1, 0.15) is 13.5 Å². The predicted molar refractivity (Wildman–Crippen MR) is 165 cm³/mol. The summed E-state index contributed by atoms with van der Waals surface area (Å²) in [5, 5.41) is 27.2. The zero-order valence-corrected chi connectivity index (χ0v) is 33.3. The molecular weight excluding hydrogens is 561 g/mol. The summed E-state index contributed by atoms with van der Waals surface area (Å²) in [5.41, 5.74) is 0. The van der Waals surface area contributed by atoms with Crippen LogP contribution in [-0.4, -0.2) is 112 Å². The fourth-order valence-corrected chi connectivity index (χ4v) is 81.7. The van der Waals surface area contributed by atoms with Gasteiger partial charge in [-0.3, -0.25) is 19.7 Å². The molecular formula is C15H57O8Si9+. The summed E-state index contributed by atoms with van der Waals surface area (Å²) in [7, 11) is -5.79. The van der Waals surface area contributed by atoms with Crippen LogP contribution in [-0.2, 0) is 13.6 Å². The maximum absolute atomic E-state index is 9.99. The Morgan fingerprint density at radius 1 is 0.875 bits per heavy atom. The van der Waals surface area contributed by atoms with E-state index in [2.05, 4.69) is 52.4 Å². The monoisotopic (exact) mass is 617 g/mol. The number of hydrogen-bond acceptors (Lipinski definition) is 7. The molecule has 6 N–H and O–H groups in total. The van der Waals surface area contributed by atoms with E-state index in [9.17, 15) is 15.3 Å². The van der Waals surface area contributed by atoms with Crippen LogP contribution in [0.2, 0.25) is 71.5 Å². The highest BCUT2D eigenvalue weighted by molar-refractivity contribution is 7.87. The lowest BCUT2D eigenvalue weighted by atomic mass is 10.5. The molecule has 0 heterocycles. The fraction of sp³-hybridized carbons (Fsp3) is 1.00. The van der Waals surface area contributed by atoms with E-state index in [0.717, 1.165) is 32.5 Å². The molecule has 0 aliphatic heterocycles. The van der Waals surface area contributed by atoms with Crippen LogP contribution in [0.1, 0.15) is 15.3 Å². The van der Waals surface area contributed by atoms with Crippen LogP contribution in [0, 0.1) is 0 Å². The summed E-state index contributed by atoms with van der Waals surface area (Å²) >= 11 is 0. The number of aliphatic hydroxyl groups excluding tert-OH is 1. The Balaban J connectivity index is -0.000000146. The number of aliphatic hydroxyl groups is 1. The van der Waals surface area contributed by atoms with Crippen molar-refractivity contribution in [2.75, 3.05) is 12.8 Å². The molecule has 0 aromatic heterocycles. The van der Waals surface area contributed by atoms with Gasteiger partial charge in [0, 0.05) is 41.3 Å². The number of rotatable bonds is 12. The van der Waals surface area contributed by atoms with Crippen LogP contribution >= 0.6 is 0 Å². The molecule has 0 saturated heterocycles. The summed E-state index contributed by atoms with van der Waals surface area (Å²) in [6, 6.07) is 1.24. The van der Waals surface area contributed by atoms with E-state index in [4.69, 9.17) is 18.7 Å². The van der Waals surface area contributed by atoms with Crippen molar-refractivity contribution < 1.29 is 40.9 Å². The second-order valence-electron chi connectivity index (χ2n) is 11.3. The van der Waals surface area contributed by atoms with Gasteiger partial charge >= 0.3 is 9.51 Å². The summed E-state index contributed by atoms with van der Waals surface area (Å²) < 4.78 is 14.9. The Bertz CT molecular complexity index is 471.